The molecule has 4 heavy (non-hydrogen) atoms. The van der Waals surface area contributed by atoms with Gasteiger partial charge in [-0.2, -0.15) is 10.1 Å². The van der Waals surface area contributed by atoms with Gasteiger partial charge in [-0.3, -0.25) is 0 Å². The molecular formula is C2H7BrMg. The van der Waals surface area contributed by atoms with E-state index in [9.17, 15) is 0 Å². The van der Waals surface area contributed by atoms with Gasteiger partial charge in [-0.1, -0.05) is 0 Å². The Balaban J connectivity index is 0. The van der Waals surface area contributed by atoms with Gasteiger partial charge in [0.2, 0.25) is 0 Å². The molecule has 0 unspecified atom stereocenters. The van der Waals surface area contributed by atoms with E-state index in [0.29, 0.717) is 20.4 Å². The average Bonchev–Trinajstić information content (AvgIpc) is 0.918. The maximum absolute atomic E-state index is 2.26. The molecule has 0 spiro atoms. The molecule has 0 radical (unpaired) electrons. The van der Waals surface area contributed by atoms with Gasteiger partial charge in [0.25, 0.3) is 0 Å². The Labute approximate surface area is 47.5 Å². The molecule has 0 aliphatic heterocycles. The molecule has 24 valence electrons. The molecule has 0 saturated heterocycles. The Hall–Kier alpha value is 1.25. The van der Waals surface area contributed by atoms with Crippen molar-refractivity contribution in [3.05, 3.63) is 0 Å². The fourth-order valence-corrected chi connectivity index (χ4v) is 0. The predicted octanol–water partition coefficient (Wildman–Crippen LogP) is 1.36. The first-order chi connectivity index (χ1) is 1.41. The second-order valence-corrected chi connectivity index (χ2v) is 2.12. The van der Waals surface area contributed by atoms with Crippen LogP contribution in [0.15, 0.2) is 0 Å². The lowest BCUT2D eigenvalue weighted by Gasteiger charge is -1.34. The van der Waals surface area contributed by atoms with E-state index in [0.717, 1.165) is 0 Å². The van der Waals surface area contributed by atoms with Crippen LogP contribution in [0.3, 0.4) is 0 Å². The number of hydrogen-bond donors (Lipinski definition) is 0. The first-order valence-electron chi connectivity index (χ1n) is 1.41. The largest absolute Gasteiger partial charge is 0.356 e. The molecule has 0 amide bonds. The van der Waals surface area contributed by atoms with Gasteiger partial charge in [0.15, 0.2) is 0 Å². The lowest BCUT2D eigenvalue weighted by Crippen LogP contribution is -1.53. The minimum Gasteiger partial charge on any atom is -0.157 e. The van der Waals surface area contributed by atoms with Crippen molar-refractivity contribution in [1.82, 2.24) is 0 Å². The molecule has 0 atom stereocenters. The molecule has 0 nitrogen and oxygen atoms in total. The van der Waals surface area contributed by atoms with Crippen molar-refractivity contribution in [2.24, 2.45) is 0 Å². The molecule has 0 fully saturated rings. The predicted molar refractivity (Wildman–Crippen MR) is 27.8 cm³/mol. The minimum absolute atomic E-state index is 0. The van der Waals surface area contributed by atoms with E-state index in [1.54, 1.807) is 0 Å². The molecule has 0 saturated carbocycles. The molecule has 0 aromatic heterocycles. The third kappa shape index (κ3) is 10.5. The zero-order valence-electron chi connectivity index (χ0n) is 3.12. The highest BCUT2D eigenvalue weighted by Crippen LogP contribution is 1.36. The summed E-state index contributed by atoms with van der Waals surface area (Å²) in [5.74, 6) is 0. The lowest BCUT2D eigenvalue weighted by atomic mass is 11.9. The maximum atomic E-state index is 2.26. The van der Waals surface area contributed by atoms with E-state index in [-0.39, 0.29) is 17.0 Å². The summed E-state index contributed by atoms with van der Waals surface area (Å²) in [6.45, 7) is 0. The highest BCUT2D eigenvalue weighted by Gasteiger charge is 1.54. The molecule has 0 aromatic rings. The van der Waals surface area contributed by atoms with Crippen molar-refractivity contribution < 1.29 is 0 Å². The van der Waals surface area contributed by atoms with Gasteiger partial charge in [0.05, 0.1) is 0 Å². The monoisotopic (exact) mass is 134 g/mol. The number of rotatable bonds is 0. The second kappa shape index (κ2) is 8.87. The summed E-state index contributed by atoms with van der Waals surface area (Å²) >= 11 is 0.417. The molecule has 0 aliphatic carbocycles. The van der Waals surface area contributed by atoms with Crippen LogP contribution in [0.4, 0.5) is 0 Å². The van der Waals surface area contributed by atoms with Crippen LogP contribution in [-0.4, -0.2) is 20.4 Å². The minimum atomic E-state index is 0. The van der Waals surface area contributed by atoms with Gasteiger partial charge < -0.3 is 0 Å². The number of halogens is 1. The summed E-state index contributed by atoms with van der Waals surface area (Å²) in [5.41, 5.74) is 0. The molecule has 0 aliphatic rings. The molecular weight excluding hydrogens is 128 g/mol. The normalized spacial score (nSPS) is 2.50. The molecule has 0 rings (SSSR count). The summed E-state index contributed by atoms with van der Waals surface area (Å²) in [5, 5.41) is 4.53. The molecule has 0 aromatic carbocycles. The van der Waals surface area contributed by atoms with Gasteiger partial charge in [-0.05, 0) is 0 Å². The Bertz CT molecular complexity index is 6.00. The van der Waals surface area contributed by atoms with Gasteiger partial charge in [0, 0.05) is 0 Å². The topological polar surface area (TPSA) is 0 Å². The Kier molecular flexibility index (Phi) is 19.9. The molecule has 0 N–H and O–H groups in total. The van der Waals surface area contributed by atoms with E-state index >= 15 is 0 Å². The van der Waals surface area contributed by atoms with Gasteiger partial charge in [-0.15, -0.1) is 17.0 Å². The average molecular weight is 135 g/mol. The quantitative estimate of drug-likeness (QED) is 0.440. The summed E-state index contributed by atoms with van der Waals surface area (Å²) < 4.78 is 0. The van der Waals surface area contributed by atoms with E-state index in [1.807, 2.05) is 0 Å². The molecule has 2 heteroatoms. The van der Waals surface area contributed by atoms with Crippen molar-refractivity contribution in [2.45, 2.75) is 10.1 Å². The van der Waals surface area contributed by atoms with Crippen molar-refractivity contribution in [3.63, 3.8) is 0 Å². The zero-order valence-corrected chi connectivity index (χ0v) is 6.24. The van der Waals surface area contributed by atoms with E-state index in [2.05, 4.69) is 10.1 Å². The van der Waals surface area contributed by atoms with E-state index in [1.165, 1.54) is 0 Å². The van der Waals surface area contributed by atoms with Crippen LogP contribution in [0.25, 0.3) is 0 Å². The Morgan fingerprint density at radius 3 is 1.25 bits per heavy atom. The van der Waals surface area contributed by atoms with Crippen molar-refractivity contribution in [1.29, 1.82) is 0 Å². The smallest absolute Gasteiger partial charge is 0.157 e. The SMILES string of the molecule is Br.[CH3][Mg][CH3]. The summed E-state index contributed by atoms with van der Waals surface area (Å²) in [6.07, 6.45) is 0. The van der Waals surface area contributed by atoms with Crippen LogP contribution >= 0.6 is 17.0 Å². The fourth-order valence-electron chi connectivity index (χ4n) is 0. The summed E-state index contributed by atoms with van der Waals surface area (Å²) in [7, 11) is 0. The second-order valence-electron chi connectivity index (χ2n) is 0.707. The van der Waals surface area contributed by atoms with Gasteiger partial charge >= 0.3 is 20.4 Å². The van der Waals surface area contributed by atoms with Crippen molar-refractivity contribution >= 4 is 37.3 Å². The standard InChI is InChI=1S/2CH3.BrH.Mg/h2*1H3;1H;. The van der Waals surface area contributed by atoms with Gasteiger partial charge in [-0.25, -0.2) is 0 Å². The van der Waals surface area contributed by atoms with Crippen molar-refractivity contribution in [3.8, 4) is 0 Å². The molecule has 0 heterocycles. The third-order valence-electron chi connectivity index (χ3n) is 0. The summed E-state index contributed by atoms with van der Waals surface area (Å²) in [6, 6.07) is 0. The van der Waals surface area contributed by atoms with E-state index < -0.39 is 0 Å². The molecule has 0 bridgehead atoms. The first kappa shape index (κ1) is 8.98. The Morgan fingerprint density at radius 2 is 1.25 bits per heavy atom. The van der Waals surface area contributed by atoms with Crippen LogP contribution in [0.1, 0.15) is 0 Å². The lowest BCUT2D eigenvalue weighted by molar-refractivity contribution is 2.14. The van der Waals surface area contributed by atoms with E-state index in [4.69, 9.17) is 0 Å². The van der Waals surface area contributed by atoms with Crippen LogP contribution in [0, 0.1) is 0 Å². The van der Waals surface area contributed by atoms with Crippen molar-refractivity contribution in [2.75, 3.05) is 0 Å². The third-order valence-corrected chi connectivity index (χ3v) is 0. The van der Waals surface area contributed by atoms with Crippen LogP contribution < -0.4 is 0 Å². The van der Waals surface area contributed by atoms with Crippen LogP contribution in [0.5, 0.6) is 0 Å². The Morgan fingerprint density at radius 1 is 1.25 bits per heavy atom. The number of hydrogen-bond acceptors (Lipinski definition) is 0. The maximum Gasteiger partial charge on any atom is 0.356 e. The van der Waals surface area contributed by atoms with Gasteiger partial charge in [0.1, 0.15) is 0 Å². The highest BCUT2D eigenvalue weighted by molar-refractivity contribution is 8.93. The first-order valence-corrected chi connectivity index (χ1v) is 4.24. The summed E-state index contributed by atoms with van der Waals surface area (Å²) in [4.78, 5) is 0. The highest BCUT2D eigenvalue weighted by atomic mass is 79.9. The zero-order chi connectivity index (χ0) is 2.71. The van der Waals surface area contributed by atoms with Crippen LogP contribution in [0.2, 0.25) is 10.1 Å². The fraction of sp³-hybridized carbons (Fsp3) is 1.00. The van der Waals surface area contributed by atoms with Crippen LogP contribution in [-0.2, 0) is 0 Å².